The zero-order chi connectivity index (χ0) is 13.7. The summed E-state index contributed by atoms with van der Waals surface area (Å²) in [6, 6.07) is 11.8. The Hall–Kier alpha value is -2.56. The summed E-state index contributed by atoms with van der Waals surface area (Å²) in [5.74, 6) is -0.207. The standard InChI is InChI=1S/C14H13NO4/c1-18-13-8-4-5-10(15-13)9-19-12-7-3-2-6-11(12)14(16)17/h2-8H,9H2,1H3,(H,16,17). The quantitative estimate of drug-likeness (QED) is 0.892. The summed E-state index contributed by atoms with van der Waals surface area (Å²) in [6.07, 6.45) is 0. The van der Waals surface area contributed by atoms with Gasteiger partial charge in [-0.05, 0) is 18.2 Å². The Bertz CT molecular complexity index is 583. The van der Waals surface area contributed by atoms with Crippen molar-refractivity contribution in [2.45, 2.75) is 6.61 Å². The average molecular weight is 259 g/mol. The predicted octanol–water partition coefficient (Wildman–Crippen LogP) is 2.37. The Kier molecular flexibility index (Phi) is 3.97. The Labute approximate surface area is 110 Å². The van der Waals surface area contributed by atoms with Gasteiger partial charge in [0.05, 0.1) is 12.8 Å². The Balaban J connectivity index is 2.12. The van der Waals surface area contributed by atoms with Crippen molar-refractivity contribution in [1.82, 2.24) is 4.98 Å². The number of carbonyl (C=O) groups is 1. The highest BCUT2D eigenvalue weighted by Gasteiger charge is 2.10. The van der Waals surface area contributed by atoms with Gasteiger partial charge in [-0.15, -0.1) is 0 Å². The SMILES string of the molecule is COc1cccc(COc2ccccc2C(=O)O)n1. The lowest BCUT2D eigenvalue weighted by atomic mass is 10.2. The molecular formula is C14H13NO4. The van der Waals surface area contributed by atoms with Crippen LogP contribution in [0, 0.1) is 0 Å². The molecule has 0 bridgehead atoms. The molecule has 2 aromatic rings. The van der Waals surface area contributed by atoms with E-state index in [1.165, 1.54) is 13.2 Å². The smallest absolute Gasteiger partial charge is 0.339 e. The van der Waals surface area contributed by atoms with Crippen LogP contribution in [0.15, 0.2) is 42.5 Å². The summed E-state index contributed by atoms with van der Waals surface area (Å²) in [4.78, 5) is 15.2. The molecule has 5 nitrogen and oxygen atoms in total. The van der Waals surface area contributed by atoms with Gasteiger partial charge in [0.1, 0.15) is 17.9 Å². The van der Waals surface area contributed by atoms with Crippen LogP contribution < -0.4 is 9.47 Å². The maximum absolute atomic E-state index is 11.0. The molecule has 0 spiro atoms. The number of para-hydroxylation sites is 1. The number of carboxylic acid groups (broad SMARTS) is 1. The van der Waals surface area contributed by atoms with Gasteiger partial charge < -0.3 is 14.6 Å². The van der Waals surface area contributed by atoms with E-state index in [-0.39, 0.29) is 12.2 Å². The number of carboxylic acids is 1. The van der Waals surface area contributed by atoms with E-state index in [9.17, 15) is 4.79 Å². The molecule has 1 heterocycles. The van der Waals surface area contributed by atoms with Gasteiger partial charge in [-0.1, -0.05) is 18.2 Å². The van der Waals surface area contributed by atoms with Gasteiger partial charge in [0.25, 0.3) is 0 Å². The molecule has 5 heteroatoms. The average Bonchev–Trinajstić information content (AvgIpc) is 2.45. The number of hydrogen-bond donors (Lipinski definition) is 1. The van der Waals surface area contributed by atoms with Crippen LogP contribution in [0.25, 0.3) is 0 Å². The zero-order valence-corrected chi connectivity index (χ0v) is 10.4. The van der Waals surface area contributed by atoms with Crippen molar-refractivity contribution in [1.29, 1.82) is 0 Å². The van der Waals surface area contributed by atoms with E-state index in [0.29, 0.717) is 17.3 Å². The second kappa shape index (κ2) is 5.86. The van der Waals surface area contributed by atoms with E-state index in [0.717, 1.165) is 0 Å². The highest BCUT2D eigenvalue weighted by molar-refractivity contribution is 5.90. The number of nitrogens with zero attached hydrogens (tertiary/aromatic N) is 1. The molecule has 0 saturated heterocycles. The summed E-state index contributed by atoms with van der Waals surface area (Å²) in [7, 11) is 1.53. The van der Waals surface area contributed by atoms with Crippen LogP contribution in [0.4, 0.5) is 0 Å². The Morgan fingerprint density at radius 2 is 2.00 bits per heavy atom. The number of pyridine rings is 1. The molecule has 1 N–H and O–H groups in total. The molecule has 0 aliphatic rings. The molecule has 0 aliphatic heterocycles. The lowest BCUT2D eigenvalue weighted by Crippen LogP contribution is -2.04. The number of rotatable bonds is 5. The van der Waals surface area contributed by atoms with Gasteiger partial charge in [0.15, 0.2) is 0 Å². The minimum absolute atomic E-state index is 0.130. The van der Waals surface area contributed by atoms with E-state index in [2.05, 4.69) is 4.98 Å². The first-order chi connectivity index (χ1) is 9.20. The van der Waals surface area contributed by atoms with Crippen LogP contribution in [0.1, 0.15) is 16.1 Å². The molecule has 2 rings (SSSR count). The fourth-order valence-corrected chi connectivity index (χ4v) is 1.57. The normalized spacial score (nSPS) is 9.95. The highest BCUT2D eigenvalue weighted by Crippen LogP contribution is 2.19. The van der Waals surface area contributed by atoms with Crippen LogP contribution in [0.3, 0.4) is 0 Å². The van der Waals surface area contributed by atoms with E-state index in [1.807, 2.05) is 0 Å². The number of hydrogen-bond acceptors (Lipinski definition) is 4. The van der Waals surface area contributed by atoms with Crippen molar-refractivity contribution in [3.63, 3.8) is 0 Å². The lowest BCUT2D eigenvalue weighted by Gasteiger charge is -2.09. The van der Waals surface area contributed by atoms with Crippen LogP contribution in [0.5, 0.6) is 11.6 Å². The Morgan fingerprint density at radius 1 is 1.21 bits per heavy atom. The van der Waals surface area contributed by atoms with Gasteiger partial charge in [0.2, 0.25) is 5.88 Å². The summed E-state index contributed by atoms with van der Waals surface area (Å²) in [5.41, 5.74) is 0.796. The third kappa shape index (κ3) is 3.22. The maximum atomic E-state index is 11.0. The maximum Gasteiger partial charge on any atom is 0.339 e. The lowest BCUT2D eigenvalue weighted by molar-refractivity contribution is 0.0691. The van der Waals surface area contributed by atoms with Crippen molar-refractivity contribution >= 4 is 5.97 Å². The van der Waals surface area contributed by atoms with E-state index in [1.54, 1.807) is 36.4 Å². The molecule has 0 fully saturated rings. The van der Waals surface area contributed by atoms with Gasteiger partial charge in [-0.2, -0.15) is 0 Å². The fraction of sp³-hybridized carbons (Fsp3) is 0.143. The number of ether oxygens (including phenoxy) is 2. The largest absolute Gasteiger partial charge is 0.486 e. The number of aromatic nitrogens is 1. The fourth-order valence-electron chi connectivity index (χ4n) is 1.57. The summed E-state index contributed by atoms with van der Waals surface area (Å²) in [5, 5.41) is 9.03. The van der Waals surface area contributed by atoms with Gasteiger partial charge >= 0.3 is 5.97 Å². The van der Waals surface area contributed by atoms with Gasteiger partial charge in [-0.3, -0.25) is 0 Å². The minimum Gasteiger partial charge on any atom is -0.486 e. The molecule has 1 aromatic heterocycles. The zero-order valence-electron chi connectivity index (χ0n) is 10.4. The highest BCUT2D eigenvalue weighted by atomic mass is 16.5. The topological polar surface area (TPSA) is 68.7 Å². The van der Waals surface area contributed by atoms with E-state index < -0.39 is 5.97 Å². The van der Waals surface area contributed by atoms with Gasteiger partial charge in [-0.25, -0.2) is 9.78 Å². The summed E-state index contributed by atoms with van der Waals surface area (Å²) in [6.45, 7) is 0.182. The predicted molar refractivity (Wildman–Crippen MR) is 68.5 cm³/mol. The van der Waals surface area contributed by atoms with Crippen molar-refractivity contribution in [2.24, 2.45) is 0 Å². The first-order valence-corrected chi connectivity index (χ1v) is 5.66. The first kappa shape index (κ1) is 12.9. The van der Waals surface area contributed by atoms with Crippen molar-refractivity contribution < 1.29 is 19.4 Å². The monoisotopic (exact) mass is 259 g/mol. The van der Waals surface area contributed by atoms with Gasteiger partial charge in [0, 0.05) is 6.07 Å². The first-order valence-electron chi connectivity index (χ1n) is 5.66. The van der Waals surface area contributed by atoms with Crippen LogP contribution in [-0.4, -0.2) is 23.2 Å². The molecule has 0 radical (unpaired) electrons. The number of aromatic carboxylic acids is 1. The van der Waals surface area contributed by atoms with Crippen LogP contribution >= 0.6 is 0 Å². The molecule has 98 valence electrons. The molecule has 0 saturated carbocycles. The second-order valence-electron chi connectivity index (χ2n) is 3.76. The Morgan fingerprint density at radius 3 is 2.74 bits per heavy atom. The van der Waals surface area contributed by atoms with E-state index >= 15 is 0 Å². The van der Waals surface area contributed by atoms with Crippen molar-refractivity contribution in [2.75, 3.05) is 7.11 Å². The molecular weight excluding hydrogens is 246 g/mol. The molecule has 0 amide bonds. The third-order valence-corrected chi connectivity index (χ3v) is 2.48. The molecule has 1 aromatic carbocycles. The van der Waals surface area contributed by atoms with Crippen molar-refractivity contribution in [3.05, 3.63) is 53.7 Å². The van der Waals surface area contributed by atoms with Crippen molar-refractivity contribution in [3.8, 4) is 11.6 Å². The van der Waals surface area contributed by atoms with Crippen LogP contribution in [-0.2, 0) is 6.61 Å². The van der Waals surface area contributed by atoms with E-state index in [4.69, 9.17) is 14.6 Å². The molecule has 19 heavy (non-hydrogen) atoms. The number of benzene rings is 1. The number of methoxy groups -OCH3 is 1. The molecule has 0 aliphatic carbocycles. The van der Waals surface area contributed by atoms with Crippen LogP contribution in [0.2, 0.25) is 0 Å². The molecule has 0 atom stereocenters. The minimum atomic E-state index is -1.02. The second-order valence-corrected chi connectivity index (χ2v) is 3.76. The summed E-state index contributed by atoms with van der Waals surface area (Å²) >= 11 is 0. The summed E-state index contributed by atoms with van der Waals surface area (Å²) < 4.78 is 10.5. The molecule has 0 unspecified atom stereocenters. The third-order valence-electron chi connectivity index (χ3n) is 2.48.